The van der Waals surface area contributed by atoms with Gasteiger partial charge in [0.15, 0.2) is 0 Å². The quantitative estimate of drug-likeness (QED) is 0.937. The summed E-state index contributed by atoms with van der Waals surface area (Å²) < 4.78 is 12.5. The fourth-order valence-corrected chi connectivity index (χ4v) is 3.06. The molecular weight excluding hydrogens is 294 g/mol. The van der Waals surface area contributed by atoms with E-state index in [0.29, 0.717) is 30.3 Å². The second-order valence-corrected chi connectivity index (χ2v) is 5.68. The number of amides is 1. The Morgan fingerprint density at radius 1 is 1.48 bits per heavy atom. The highest BCUT2D eigenvalue weighted by Gasteiger charge is 2.24. The van der Waals surface area contributed by atoms with Crippen LogP contribution in [0.2, 0.25) is 0 Å². The standard InChI is InChI=1S/C17H21N3O3/c1-11-15(17(22-3)20(2)19-11)16(21)18-10-12-8-9-23-14-7-5-4-6-13(12)14/h4-7,12H,8-10H2,1-3H3,(H,18,21)/t12-/m1/s1. The Kier molecular flexibility index (Phi) is 4.23. The second-order valence-electron chi connectivity index (χ2n) is 5.68. The van der Waals surface area contributed by atoms with E-state index in [1.165, 1.54) is 0 Å². The van der Waals surface area contributed by atoms with Gasteiger partial charge in [-0.2, -0.15) is 5.10 Å². The summed E-state index contributed by atoms with van der Waals surface area (Å²) in [4.78, 5) is 12.5. The van der Waals surface area contributed by atoms with Crippen molar-refractivity contribution in [3.8, 4) is 11.6 Å². The molecule has 2 heterocycles. The van der Waals surface area contributed by atoms with E-state index in [9.17, 15) is 4.79 Å². The average Bonchev–Trinajstić information content (AvgIpc) is 2.86. The Labute approximate surface area is 135 Å². The van der Waals surface area contributed by atoms with Crippen LogP contribution in [0.15, 0.2) is 24.3 Å². The largest absolute Gasteiger partial charge is 0.493 e. The smallest absolute Gasteiger partial charge is 0.258 e. The number of rotatable bonds is 4. The Hall–Kier alpha value is -2.50. The van der Waals surface area contributed by atoms with Crippen molar-refractivity contribution in [2.24, 2.45) is 7.05 Å². The van der Waals surface area contributed by atoms with Crippen molar-refractivity contribution in [1.82, 2.24) is 15.1 Å². The first-order valence-corrected chi connectivity index (χ1v) is 7.69. The molecule has 0 aliphatic carbocycles. The maximum absolute atomic E-state index is 12.5. The third-order valence-electron chi connectivity index (χ3n) is 4.18. The molecule has 1 aromatic heterocycles. The molecule has 0 spiro atoms. The lowest BCUT2D eigenvalue weighted by molar-refractivity contribution is 0.0944. The summed E-state index contributed by atoms with van der Waals surface area (Å²) in [6.45, 7) is 3.05. The van der Waals surface area contributed by atoms with Crippen LogP contribution < -0.4 is 14.8 Å². The van der Waals surface area contributed by atoms with Gasteiger partial charge in [0.25, 0.3) is 5.91 Å². The number of hydrogen-bond acceptors (Lipinski definition) is 4. The lowest BCUT2D eigenvalue weighted by atomic mass is 9.93. The van der Waals surface area contributed by atoms with Gasteiger partial charge < -0.3 is 14.8 Å². The molecule has 0 saturated carbocycles. The van der Waals surface area contributed by atoms with Gasteiger partial charge in [-0.3, -0.25) is 4.79 Å². The number of aryl methyl sites for hydroxylation is 2. The predicted octanol–water partition coefficient (Wildman–Crippen LogP) is 2.03. The second kappa shape index (κ2) is 6.32. The van der Waals surface area contributed by atoms with Crippen LogP contribution in [0.1, 0.15) is 34.0 Å². The van der Waals surface area contributed by atoms with Gasteiger partial charge in [-0.1, -0.05) is 18.2 Å². The molecule has 2 aromatic rings. The molecule has 1 aliphatic heterocycles. The van der Waals surface area contributed by atoms with Crippen molar-refractivity contribution in [2.75, 3.05) is 20.3 Å². The number of nitrogens with one attached hydrogen (secondary N) is 1. The number of hydrogen-bond donors (Lipinski definition) is 1. The number of para-hydroxylation sites is 1. The Morgan fingerprint density at radius 3 is 3.04 bits per heavy atom. The fraction of sp³-hybridized carbons (Fsp3) is 0.412. The van der Waals surface area contributed by atoms with E-state index in [-0.39, 0.29) is 11.8 Å². The number of nitrogens with zero attached hydrogens (tertiary/aromatic N) is 2. The summed E-state index contributed by atoms with van der Waals surface area (Å²) in [6.07, 6.45) is 0.889. The summed E-state index contributed by atoms with van der Waals surface area (Å²) in [6, 6.07) is 7.99. The van der Waals surface area contributed by atoms with E-state index in [2.05, 4.69) is 16.5 Å². The molecule has 122 valence electrons. The molecular formula is C17H21N3O3. The number of ether oxygens (including phenoxy) is 2. The Bertz CT molecular complexity index is 724. The van der Waals surface area contributed by atoms with Crippen LogP contribution >= 0.6 is 0 Å². The molecule has 0 fully saturated rings. The maximum atomic E-state index is 12.5. The minimum absolute atomic E-state index is 0.156. The summed E-state index contributed by atoms with van der Waals surface area (Å²) >= 11 is 0. The van der Waals surface area contributed by atoms with Crippen molar-refractivity contribution in [2.45, 2.75) is 19.3 Å². The van der Waals surface area contributed by atoms with Crippen molar-refractivity contribution in [3.05, 3.63) is 41.1 Å². The highest BCUT2D eigenvalue weighted by molar-refractivity contribution is 5.97. The summed E-state index contributed by atoms with van der Waals surface area (Å²) in [7, 11) is 3.30. The molecule has 0 radical (unpaired) electrons. The van der Waals surface area contributed by atoms with Gasteiger partial charge >= 0.3 is 0 Å². The molecule has 1 aliphatic rings. The number of benzene rings is 1. The van der Waals surface area contributed by atoms with Gasteiger partial charge in [0.2, 0.25) is 5.88 Å². The van der Waals surface area contributed by atoms with Gasteiger partial charge in [-0.05, 0) is 25.0 Å². The first kappa shape index (κ1) is 15.4. The number of fused-ring (bicyclic) bond motifs is 1. The average molecular weight is 315 g/mol. The maximum Gasteiger partial charge on any atom is 0.258 e. The number of carbonyl (C=O) groups excluding carboxylic acids is 1. The van der Waals surface area contributed by atoms with E-state index >= 15 is 0 Å². The monoisotopic (exact) mass is 315 g/mol. The van der Waals surface area contributed by atoms with Gasteiger partial charge in [-0.25, -0.2) is 4.68 Å². The molecule has 1 amide bonds. The SMILES string of the molecule is COc1c(C(=O)NC[C@H]2CCOc3ccccc32)c(C)nn1C. The minimum Gasteiger partial charge on any atom is -0.493 e. The van der Waals surface area contributed by atoms with Crippen LogP contribution in [0.25, 0.3) is 0 Å². The highest BCUT2D eigenvalue weighted by Crippen LogP contribution is 2.33. The highest BCUT2D eigenvalue weighted by atomic mass is 16.5. The van der Waals surface area contributed by atoms with Crippen molar-refractivity contribution < 1.29 is 14.3 Å². The zero-order valence-corrected chi connectivity index (χ0v) is 13.6. The molecule has 1 N–H and O–H groups in total. The number of carbonyl (C=O) groups is 1. The molecule has 1 atom stereocenters. The van der Waals surface area contributed by atoms with Crippen LogP contribution in [-0.2, 0) is 7.05 Å². The first-order chi connectivity index (χ1) is 11.1. The molecule has 1 aromatic carbocycles. The Balaban J connectivity index is 1.74. The van der Waals surface area contributed by atoms with E-state index in [0.717, 1.165) is 17.7 Å². The van der Waals surface area contributed by atoms with Crippen molar-refractivity contribution in [1.29, 1.82) is 0 Å². The van der Waals surface area contributed by atoms with Gasteiger partial charge in [-0.15, -0.1) is 0 Å². The van der Waals surface area contributed by atoms with Crippen LogP contribution in [0.3, 0.4) is 0 Å². The van der Waals surface area contributed by atoms with E-state index in [1.54, 1.807) is 25.8 Å². The van der Waals surface area contributed by atoms with Crippen LogP contribution in [0.5, 0.6) is 11.6 Å². The third kappa shape index (κ3) is 2.88. The van der Waals surface area contributed by atoms with Crippen molar-refractivity contribution >= 4 is 5.91 Å². The van der Waals surface area contributed by atoms with Gasteiger partial charge in [0, 0.05) is 19.5 Å². The minimum atomic E-state index is -0.156. The number of methoxy groups -OCH3 is 1. The summed E-state index contributed by atoms with van der Waals surface area (Å²) in [5, 5.41) is 7.26. The zero-order chi connectivity index (χ0) is 16.4. The molecule has 0 bridgehead atoms. The summed E-state index contributed by atoms with van der Waals surface area (Å²) in [5.74, 6) is 1.49. The molecule has 6 heteroatoms. The molecule has 3 rings (SSSR count). The predicted molar refractivity (Wildman–Crippen MR) is 86.1 cm³/mol. The topological polar surface area (TPSA) is 65.4 Å². The molecule has 0 saturated heterocycles. The van der Waals surface area contributed by atoms with E-state index < -0.39 is 0 Å². The van der Waals surface area contributed by atoms with E-state index in [4.69, 9.17) is 9.47 Å². The number of aromatic nitrogens is 2. The summed E-state index contributed by atoms with van der Waals surface area (Å²) in [5.41, 5.74) is 2.30. The molecule has 6 nitrogen and oxygen atoms in total. The zero-order valence-electron chi connectivity index (χ0n) is 13.6. The van der Waals surface area contributed by atoms with Gasteiger partial charge in [0.1, 0.15) is 11.3 Å². The Morgan fingerprint density at radius 2 is 2.26 bits per heavy atom. The lowest BCUT2D eigenvalue weighted by Crippen LogP contribution is -2.31. The molecule has 23 heavy (non-hydrogen) atoms. The van der Waals surface area contributed by atoms with Gasteiger partial charge in [0.05, 0.1) is 19.4 Å². The van der Waals surface area contributed by atoms with E-state index in [1.807, 2.05) is 18.2 Å². The van der Waals surface area contributed by atoms with Crippen LogP contribution in [0, 0.1) is 6.92 Å². The van der Waals surface area contributed by atoms with Crippen LogP contribution in [-0.4, -0.2) is 35.9 Å². The third-order valence-corrected chi connectivity index (χ3v) is 4.18. The normalized spacial score (nSPS) is 16.4. The first-order valence-electron chi connectivity index (χ1n) is 7.69. The van der Waals surface area contributed by atoms with Crippen LogP contribution in [0.4, 0.5) is 0 Å². The molecule has 0 unspecified atom stereocenters. The van der Waals surface area contributed by atoms with Crippen molar-refractivity contribution in [3.63, 3.8) is 0 Å². The fourth-order valence-electron chi connectivity index (χ4n) is 3.06. The lowest BCUT2D eigenvalue weighted by Gasteiger charge is -2.26.